The highest BCUT2D eigenvalue weighted by Crippen LogP contribution is 2.38. The van der Waals surface area contributed by atoms with E-state index in [1.165, 1.54) is 0 Å². The first-order chi connectivity index (χ1) is 12.2. The lowest BCUT2D eigenvalue weighted by Gasteiger charge is -2.07. The third-order valence-corrected chi connectivity index (χ3v) is 4.49. The van der Waals surface area contributed by atoms with Gasteiger partial charge in [-0.3, -0.25) is 9.20 Å². The van der Waals surface area contributed by atoms with Gasteiger partial charge in [-0.2, -0.15) is 0 Å². The zero-order valence-corrected chi connectivity index (χ0v) is 14.1. The largest absolute Gasteiger partial charge is 0.497 e. The number of amides is 1. The molecule has 3 aromatic rings. The molecule has 1 aliphatic rings. The van der Waals surface area contributed by atoms with Crippen molar-refractivity contribution in [3.05, 3.63) is 59.5 Å². The smallest absolute Gasteiger partial charge is 0.252 e. The number of carbonyl (C=O) groups is 1. The lowest BCUT2D eigenvalue weighted by atomic mass is 10.1. The van der Waals surface area contributed by atoms with Crippen molar-refractivity contribution in [1.82, 2.24) is 19.9 Å². The minimum atomic E-state index is -0.0779. The number of pyridine rings is 1. The Labute approximate surface area is 145 Å². The van der Waals surface area contributed by atoms with Gasteiger partial charge in [0.05, 0.1) is 12.7 Å². The van der Waals surface area contributed by atoms with Crippen molar-refractivity contribution in [2.45, 2.75) is 25.2 Å². The summed E-state index contributed by atoms with van der Waals surface area (Å²) >= 11 is 0. The van der Waals surface area contributed by atoms with Gasteiger partial charge in [0, 0.05) is 18.7 Å². The summed E-state index contributed by atoms with van der Waals surface area (Å²) in [4.78, 5) is 12.4. The Balaban J connectivity index is 1.40. The van der Waals surface area contributed by atoms with Crippen LogP contribution in [-0.2, 0) is 6.42 Å². The molecule has 1 aromatic carbocycles. The number of benzene rings is 1. The molecule has 6 nitrogen and oxygen atoms in total. The number of aromatic nitrogens is 3. The molecular weight excluding hydrogens is 316 g/mol. The van der Waals surface area contributed by atoms with Gasteiger partial charge >= 0.3 is 0 Å². The van der Waals surface area contributed by atoms with E-state index in [-0.39, 0.29) is 5.91 Å². The fourth-order valence-corrected chi connectivity index (χ4v) is 2.88. The normalized spacial score (nSPS) is 13.8. The van der Waals surface area contributed by atoms with Crippen molar-refractivity contribution >= 4 is 11.6 Å². The second-order valence-corrected chi connectivity index (χ2v) is 6.33. The second-order valence-electron chi connectivity index (χ2n) is 6.33. The fourth-order valence-electron chi connectivity index (χ4n) is 2.88. The third kappa shape index (κ3) is 3.33. The van der Waals surface area contributed by atoms with Gasteiger partial charge in [0.15, 0.2) is 5.65 Å². The molecule has 6 heteroatoms. The second kappa shape index (κ2) is 6.55. The van der Waals surface area contributed by atoms with Gasteiger partial charge < -0.3 is 10.1 Å². The summed E-state index contributed by atoms with van der Waals surface area (Å²) < 4.78 is 7.09. The van der Waals surface area contributed by atoms with E-state index in [1.807, 2.05) is 40.9 Å². The van der Waals surface area contributed by atoms with E-state index in [0.29, 0.717) is 18.0 Å². The van der Waals surface area contributed by atoms with Crippen molar-refractivity contribution in [2.24, 2.45) is 0 Å². The van der Waals surface area contributed by atoms with E-state index in [9.17, 15) is 4.79 Å². The molecule has 0 unspecified atom stereocenters. The zero-order valence-electron chi connectivity index (χ0n) is 14.1. The minimum Gasteiger partial charge on any atom is -0.497 e. The molecule has 4 rings (SSSR count). The highest BCUT2D eigenvalue weighted by Gasteiger charge is 2.28. The number of nitrogens with one attached hydrogen (secondary N) is 1. The van der Waals surface area contributed by atoms with E-state index in [1.54, 1.807) is 13.2 Å². The first-order valence-corrected chi connectivity index (χ1v) is 8.50. The van der Waals surface area contributed by atoms with E-state index in [4.69, 9.17) is 4.74 Å². The highest BCUT2D eigenvalue weighted by molar-refractivity contribution is 5.94. The van der Waals surface area contributed by atoms with Crippen LogP contribution in [0, 0.1) is 0 Å². The summed E-state index contributed by atoms with van der Waals surface area (Å²) in [5, 5.41) is 11.4. The van der Waals surface area contributed by atoms with Crippen LogP contribution in [0.3, 0.4) is 0 Å². The predicted molar refractivity (Wildman–Crippen MR) is 94.0 cm³/mol. The Morgan fingerprint density at radius 1 is 1.20 bits per heavy atom. The summed E-state index contributed by atoms with van der Waals surface area (Å²) in [5.74, 6) is 2.21. The Bertz CT molecular complexity index is 897. The molecule has 1 aliphatic carbocycles. The summed E-state index contributed by atoms with van der Waals surface area (Å²) in [6, 6.07) is 11.5. The SMILES string of the molecule is COc1ccc(CCNC(=O)c2ccc3nnc(C4CC4)n3c2)cc1. The van der Waals surface area contributed by atoms with Crippen LogP contribution in [0.2, 0.25) is 0 Å². The molecule has 2 heterocycles. The Hall–Kier alpha value is -2.89. The number of ether oxygens (including phenoxy) is 1. The molecule has 0 saturated heterocycles. The van der Waals surface area contributed by atoms with Gasteiger partial charge in [-0.05, 0) is 49.1 Å². The van der Waals surface area contributed by atoms with Gasteiger partial charge in [0.1, 0.15) is 11.6 Å². The minimum absolute atomic E-state index is 0.0779. The lowest BCUT2D eigenvalue weighted by Crippen LogP contribution is -2.26. The molecule has 128 valence electrons. The zero-order chi connectivity index (χ0) is 17.2. The maximum atomic E-state index is 12.4. The van der Waals surface area contributed by atoms with E-state index in [0.717, 1.165) is 42.0 Å². The number of hydrogen-bond acceptors (Lipinski definition) is 4. The average Bonchev–Trinajstić information content (AvgIpc) is 3.41. The molecule has 0 bridgehead atoms. The predicted octanol–water partition coefficient (Wildman–Crippen LogP) is 2.59. The standard InChI is InChI=1S/C19H20N4O2/c1-25-16-7-2-13(3-8-16)10-11-20-19(24)15-6-9-17-21-22-18(14-4-5-14)23(17)12-15/h2-3,6-9,12,14H,4-5,10-11H2,1H3,(H,20,24). The number of rotatable bonds is 6. The summed E-state index contributed by atoms with van der Waals surface area (Å²) in [7, 11) is 1.65. The monoisotopic (exact) mass is 336 g/mol. The summed E-state index contributed by atoms with van der Waals surface area (Å²) in [6.07, 6.45) is 4.92. The van der Waals surface area contributed by atoms with Crippen LogP contribution in [0.4, 0.5) is 0 Å². The van der Waals surface area contributed by atoms with Crippen LogP contribution in [0.25, 0.3) is 5.65 Å². The van der Waals surface area contributed by atoms with Crippen molar-refractivity contribution in [3.63, 3.8) is 0 Å². The number of methoxy groups -OCH3 is 1. The molecule has 1 amide bonds. The third-order valence-electron chi connectivity index (χ3n) is 4.49. The van der Waals surface area contributed by atoms with Crippen LogP contribution < -0.4 is 10.1 Å². The molecule has 1 fully saturated rings. The molecule has 0 atom stereocenters. The Morgan fingerprint density at radius 2 is 2.00 bits per heavy atom. The maximum Gasteiger partial charge on any atom is 0.252 e. The van der Waals surface area contributed by atoms with E-state index >= 15 is 0 Å². The van der Waals surface area contributed by atoms with Crippen molar-refractivity contribution in [3.8, 4) is 5.75 Å². The van der Waals surface area contributed by atoms with Gasteiger partial charge in [-0.1, -0.05) is 12.1 Å². The quantitative estimate of drug-likeness (QED) is 0.751. The molecule has 0 spiro atoms. The maximum absolute atomic E-state index is 12.4. The van der Waals surface area contributed by atoms with Crippen molar-refractivity contribution in [1.29, 1.82) is 0 Å². The van der Waals surface area contributed by atoms with Crippen LogP contribution in [0.15, 0.2) is 42.6 Å². The number of hydrogen-bond donors (Lipinski definition) is 1. The molecule has 0 radical (unpaired) electrons. The molecule has 2 aromatic heterocycles. The topological polar surface area (TPSA) is 68.5 Å². The summed E-state index contributed by atoms with van der Waals surface area (Å²) in [5.41, 5.74) is 2.58. The van der Waals surface area contributed by atoms with Crippen LogP contribution >= 0.6 is 0 Å². The number of fused-ring (bicyclic) bond motifs is 1. The molecule has 25 heavy (non-hydrogen) atoms. The lowest BCUT2D eigenvalue weighted by molar-refractivity contribution is 0.0953. The average molecular weight is 336 g/mol. The molecule has 0 aliphatic heterocycles. The summed E-state index contributed by atoms with van der Waals surface area (Å²) in [6.45, 7) is 0.584. The Morgan fingerprint density at radius 3 is 2.72 bits per heavy atom. The van der Waals surface area contributed by atoms with Crippen molar-refractivity contribution < 1.29 is 9.53 Å². The highest BCUT2D eigenvalue weighted by atomic mass is 16.5. The number of nitrogens with zero attached hydrogens (tertiary/aromatic N) is 3. The van der Waals surface area contributed by atoms with Gasteiger partial charge in [-0.15, -0.1) is 10.2 Å². The van der Waals surface area contributed by atoms with E-state index in [2.05, 4.69) is 15.5 Å². The van der Waals surface area contributed by atoms with Crippen LogP contribution in [0.1, 0.15) is 40.5 Å². The molecular formula is C19H20N4O2. The number of carbonyl (C=O) groups excluding carboxylic acids is 1. The van der Waals surface area contributed by atoms with Gasteiger partial charge in [0.25, 0.3) is 5.91 Å². The van der Waals surface area contributed by atoms with Gasteiger partial charge in [0.2, 0.25) is 0 Å². The fraction of sp³-hybridized carbons (Fsp3) is 0.316. The van der Waals surface area contributed by atoms with E-state index < -0.39 is 0 Å². The Kier molecular flexibility index (Phi) is 4.09. The van der Waals surface area contributed by atoms with Crippen LogP contribution in [-0.4, -0.2) is 34.2 Å². The molecule has 1 saturated carbocycles. The van der Waals surface area contributed by atoms with Crippen molar-refractivity contribution in [2.75, 3.05) is 13.7 Å². The first-order valence-electron chi connectivity index (χ1n) is 8.50. The van der Waals surface area contributed by atoms with Gasteiger partial charge in [-0.25, -0.2) is 0 Å². The molecule has 1 N–H and O–H groups in total. The van der Waals surface area contributed by atoms with Crippen LogP contribution in [0.5, 0.6) is 5.75 Å². The first kappa shape index (κ1) is 15.6.